The molecule has 0 saturated carbocycles. The van der Waals surface area contributed by atoms with Gasteiger partial charge in [-0.05, 0) is 25.0 Å². The van der Waals surface area contributed by atoms with Crippen LogP contribution in [-0.4, -0.2) is 64.2 Å². The summed E-state index contributed by atoms with van der Waals surface area (Å²) in [4.78, 5) is 37.2. The Morgan fingerprint density at radius 1 is 1.15 bits per heavy atom. The summed E-state index contributed by atoms with van der Waals surface area (Å²) >= 11 is 0. The number of piperidine rings is 1. The highest BCUT2D eigenvalue weighted by Crippen LogP contribution is 2.19. The minimum Gasteiger partial charge on any atom is -0.469 e. The van der Waals surface area contributed by atoms with E-state index in [1.165, 1.54) is 36.3 Å². The maximum Gasteiger partial charge on any atom is 0.339 e. The number of hydrogen-bond acceptors (Lipinski definition) is 7. The van der Waals surface area contributed by atoms with Crippen LogP contribution in [0.4, 0.5) is 0 Å². The van der Waals surface area contributed by atoms with Gasteiger partial charge in [-0.25, -0.2) is 13.2 Å². The van der Waals surface area contributed by atoms with Gasteiger partial charge in [-0.1, -0.05) is 12.1 Å². The Morgan fingerprint density at radius 2 is 1.77 bits per heavy atom. The molecule has 0 spiro atoms. The minimum absolute atomic E-state index is 0.104. The molecule has 8 nitrogen and oxygen atoms in total. The van der Waals surface area contributed by atoms with Gasteiger partial charge in [0.2, 0.25) is 0 Å². The summed E-state index contributed by atoms with van der Waals surface area (Å²) in [5.74, 6) is -1.78. The molecule has 1 aliphatic heterocycles. The molecule has 0 N–H and O–H groups in total. The second-order valence-corrected chi connectivity index (χ2v) is 8.01. The van der Waals surface area contributed by atoms with Crippen LogP contribution in [0.15, 0.2) is 29.2 Å². The number of rotatable bonds is 5. The van der Waals surface area contributed by atoms with Gasteiger partial charge in [0.15, 0.2) is 16.4 Å². The monoisotopic (exact) mass is 383 g/mol. The fourth-order valence-electron chi connectivity index (χ4n) is 2.79. The average molecular weight is 383 g/mol. The summed E-state index contributed by atoms with van der Waals surface area (Å²) in [7, 11) is -2.27. The number of hydrogen-bond donors (Lipinski definition) is 0. The molecule has 142 valence electrons. The van der Waals surface area contributed by atoms with Crippen LogP contribution < -0.4 is 0 Å². The number of benzene rings is 1. The predicted molar refractivity (Wildman–Crippen MR) is 91.2 cm³/mol. The fraction of sp³-hybridized carbons (Fsp3) is 0.471. The van der Waals surface area contributed by atoms with Crippen LogP contribution in [-0.2, 0) is 28.9 Å². The molecule has 0 unspecified atom stereocenters. The standard InChI is InChI=1S/C17H21NO7S/c1-24-16(20)12-7-9-18(10-8-12)15(19)11-25-17(21)13-5-3-4-6-14(13)26(2,22)23/h3-6,12H,7-11H2,1-2H3. The van der Waals surface area contributed by atoms with Gasteiger partial charge >= 0.3 is 11.9 Å². The predicted octanol–water partition coefficient (Wildman–Crippen LogP) is 0.658. The van der Waals surface area contributed by atoms with Gasteiger partial charge < -0.3 is 14.4 Å². The lowest BCUT2D eigenvalue weighted by atomic mass is 9.97. The van der Waals surface area contributed by atoms with E-state index in [2.05, 4.69) is 0 Å². The van der Waals surface area contributed by atoms with Crippen LogP contribution in [0.1, 0.15) is 23.2 Å². The molecule has 9 heteroatoms. The van der Waals surface area contributed by atoms with Gasteiger partial charge in [0.25, 0.3) is 5.91 Å². The molecule has 0 aliphatic carbocycles. The molecule has 1 heterocycles. The first-order valence-electron chi connectivity index (χ1n) is 8.06. The van der Waals surface area contributed by atoms with Crippen LogP contribution in [0.25, 0.3) is 0 Å². The number of methoxy groups -OCH3 is 1. The van der Waals surface area contributed by atoms with E-state index in [4.69, 9.17) is 9.47 Å². The quantitative estimate of drug-likeness (QED) is 0.687. The van der Waals surface area contributed by atoms with Crippen molar-refractivity contribution in [3.63, 3.8) is 0 Å². The van der Waals surface area contributed by atoms with Crippen molar-refractivity contribution < 1.29 is 32.3 Å². The molecule has 0 bridgehead atoms. The average Bonchev–Trinajstić information content (AvgIpc) is 2.64. The fourth-order valence-corrected chi connectivity index (χ4v) is 3.66. The molecule has 0 aromatic heterocycles. The highest BCUT2D eigenvalue weighted by atomic mass is 32.2. The van der Waals surface area contributed by atoms with Crippen molar-refractivity contribution in [2.45, 2.75) is 17.7 Å². The van der Waals surface area contributed by atoms with E-state index >= 15 is 0 Å². The number of amides is 1. The van der Waals surface area contributed by atoms with E-state index in [-0.39, 0.29) is 22.3 Å². The Bertz CT molecular complexity index is 795. The zero-order valence-corrected chi connectivity index (χ0v) is 15.5. The van der Waals surface area contributed by atoms with Crippen LogP contribution in [0.2, 0.25) is 0 Å². The zero-order valence-electron chi connectivity index (χ0n) is 14.6. The molecular formula is C17H21NO7S. The van der Waals surface area contributed by atoms with E-state index in [0.29, 0.717) is 25.9 Å². The Hall–Kier alpha value is -2.42. The molecular weight excluding hydrogens is 362 g/mol. The summed E-state index contributed by atoms with van der Waals surface area (Å²) in [6.45, 7) is 0.256. The molecule has 0 atom stereocenters. The molecule has 1 aromatic carbocycles. The SMILES string of the molecule is COC(=O)C1CCN(C(=O)COC(=O)c2ccccc2S(C)(=O)=O)CC1. The van der Waals surface area contributed by atoms with E-state index in [9.17, 15) is 22.8 Å². The summed E-state index contributed by atoms with van der Waals surface area (Å²) in [5.41, 5.74) is -0.104. The lowest BCUT2D eigenvalue weighted by Crippen LogP contribution is -2.42. The summed E-state index contributed by atoms with van der Waals surface area (Å²) in [5, 5.41) is 0. The lowest BCUT2D eigenvalue weighted by Gasteiger charge is -2.30. The second kappa shape index (κ2) is 8.31. The number of ether oxygens (including phenoxy) is 2. The molecule has 1 aromatic rings. The molecule has 1 aliphatic rings. The highest BCUT2D eigenvalue weighted by Gasteiger charge is 2.28. The van der Waals surface area contributed by atoms with Crippen molar-refractivity contribution in [2.75, 3.05) is 33.1 Å². The lowest BCUT2D eigenvalue weighted by molar-refractivity contribution is -0.149. The number of esters is 2. The van der Waals surface area contributed by atoms with E-state index in [1.54, 1.807) is 0 Å². The Balaban J connectivity index is 1.93. The van der Waals surface area contributed by atoms with Gasteiger partial charge in [0.1, 0.15) is 0 Å². The maximum atomic E-state index is 12.2. The number of sulfone groups is 1. The van der Waals surface area contributed by atoms with Crippen molar-refractivity contribution in [2.24, 2.45) is 5.92 Å². The third-order valence-corrected chi connectivity index (χ3v) is 5.37. The Kier molecular flexibility index (Phi) is 6.36. The van der Waals surface area contributed by atoms with Gasteiger partial charge in [0.05, 0.1) is 23.5 Å². The molecule has 1 saturated heterocycles. The number of likely N-dealkylation sites (tertiary alicyclic amines) is 1. The van der Waals surface area contributed by atoms with Gasteiger partial charge in [-0.3, -0.25) is 9.59 Å². The van der Waals surface area contributed by atoms with Crippen molar-refractivity contribution in [3.05, 3.63) is 29.8 Å². The van der Waals surface area contributed by atoms with E-state index in [1.807, 2.05) is 0 Å². The number of nitrogens with zero attached hydrogens (tertiary/aromatic N) is 1. The third kappa shape index (κ3) is 4.81. The van der Waals surface area contributed by atoms with Gasteiger partial charge in [-0.15, -0.1) is 0 Å². The molecule has 0 radical (unpaired) electrons. The van der Waals surface area contributed by atoms with Crippen LogP contribution in [0.3, 0.4) is 0 Å². The minimum atomic E-state index is -3.59. The van der Waals surface area contributed by atoms with Gasteiger partial charge in [-0.2, -0.15) is 0 Å². The van der Waals surface area contributed by atoms with Crippen LogP contribution in [0.5, 0.6) is 0 Å². The smallest absolute Gasteiger partial charge is 0.339 e. The first-order chi connectivity index (χ1) is 12.2. The van der Waals surface area contributed by atoms with E-state index < -0.39 is 28.3 Å². The summed E-state index contributed by atoms with van der Waals surface area (Å²) in [6, 6.07) is 5.67. The molecule has 1 amide bonds. The van der Waals surface area contributed by atoms with Crippen LogP contribution >= 0.6 is 0 Å². The molecule has 1 fully saturated rings. The Morgan fingerprint density at radius 3 is 2.35 bits per heavy atom. The van der Waals surface area contributed by atoms with Gasteiger partial charge in [0, 0.05) is 19.3 Å². The largest absolute Gasteiger partial charge is 0.469 e. The third-order valence-electron chi connectivity index (χ3n) is 4.22. The highest BCUT2D eigenvalue weighted by molar-refractivity contribution is 7.90. The maximum absolute atomic E-state index is 12.2. The van der Waals surface area contributed by atoms with Crippen molar-refractivity contribution in [1.29, 1.82) is 0 Å². The summed E-state index contributed by atoms with van der Waals surface area (Å²) < 4.78 is 33.1. The van der Waals surface area contributed by atoms with Crippen LogP contribution in [0, 0.1) is 5.92 Å². The van der Waals surface area contributed by atoms with Crippen molar-refractivity contribution >= 4 is 27.7 Å². The first kappa shape index (κ1) is 19.9. The zero-order chi connectivity index (χ0) is 19.3. The second-order valence-electron chi connectivity index (χ2n) is 6.02. The number of carbonyl (C=O) groups excluding carboxylic acids is 3. The molecule has 2 rings (SSSR count). The summed E-state index contributed by atoms with van der Waals surface area (Å²) in [6.07, 6.45) is 1.97. The van der Waals surface area contributed by atoms with Crippen molar-refractivity contribution in [3.8, 4) is 0 Å². The molecule has 26 heavy (non-hydrogen) atoms. The Labute approximate surface area is 152 Å². The number of carbonyl (C=O) groups is 3. The van der Waals surface area contributed by atoms with Crippen molar-refractivity contribution in [1.82, 2.24) is 4.90 Å². The van der Waals surface area contributed by atoms with E-state index in [0.717, 1.165) is 6.26 Å². The normalized spacial score (nSPS) is 15.4. The topological polar surface area (TPSA) is 107 Å². The first-order valence-corrected chi connectivity index (χ1v) is 9.95.